The number of nitrogens with zero attached hydrogens (tertiary/aromatic N) is 2. The first-order valence-corrected chi connectivity index (χ1v) is 8.08. The summed E-state index contributed by atoms with van der Waals surface area (Å²) < 4.78 is 2.32. The van der Waals surface area contributed by atoms with Crippen LogP contribution in [-0.4, -0.2) is 9.78 Å². The van der Waals surface area contributed by atoms with Crippen molar-refractivity contribution in [3.8, 4) is 0 Å². The minimum atomic E-state index is 0.747. The molecule has 2 unspecified atom stereocenters. The maximum atomic E-state index is 4.84. The summed E-state index contributed by atoms with van der Waals surface area (Å²) in [5.41, 5.74) is 2.76. The minimum Gasteiger partial charge on any atom is -0.269 e. The lowest BCUT2D eigenvalue weighted by Crippen LogP contribution is -2.27. The van der Waals surface area contributed by atoms with E-state index in [1.54, 1.807) is 0 Å². The van der Waals surface area contributed by atoms with Crippen LogP contribution < -0.4 is 0 Å². The van der Waals surface area contributed by atoms with Gasteiger partial charge < -0.3 is 0 Å². The lowest BCUT2D eigenvalue weighted by atomic mass is 9.75. The summed E-state index contributed by atoms with van der Waals surface area (Å²) >= 11 is 0. The van der Waals surface area contributed by atoms with Crippen molar-refractivity contribution in [1.82, 2.24) is 9.78 Å². The zero-order valence-electron chi connectivity index (χ0n) is 13.3. The highest BCUT2D eigenvalue weighted by molar-refractivity contribution is 5.12. The van der Waals surface area contributed by atoms with Crippen LogP contribution in [0.25, 0.3) is 0 Å². The third-order valence-electron chi connectivity index (χ3n) is 4.80. The second-order valence-electron chi connectivity index (χ2n) is 6.91. The molecule has 2 atom stereocenters. The van der Waals surface area contributed by atoms with E-state index in [0.29, 0.717) is 0 Å². The molecule has 108 valence electrons. The van der Waals surface area contributed by atoms with Gasteiger partial charge >= 0.3 is 0 Å². The molecule has 1 aliphatic heterocycles. The number of fused-ring (bicyclic) bond motifs is 1. The third-order valence-corrected chi connectivity index (χ3v) is 4.80. The maximum absolute atomic E-state index is 4.84. The first-order valence-electron chi connectivity index (χ1n) is 8.08. The Hall–Kier alpha value is -0.790. The molecule has 2 heteroatoms. The Kier molecular flexibility index (Phi) is 4.70. The predicted molar refractivity (Wildman–Crippen MR) is 81.2 cm³/mol. The molecule has 19 heavy (non-hydrogen) atoms. The van der Waals surface area contributed by atoms with E-state index in [-0.39, 0.29) is 0 Å². The molecule has 2 nitrogen and oxygen atoms in total. The summed E-state index contributed by atoms with van der Waals surface area (Å²) in [7, 11) is 0. The standard InChI is InChI=1S/C17H30N2/c1-6-7-14-10-15-8-9-16(12(2)3)17(13(4)5)11-19(15)18-14/h10,12-13,16-17H,6-9,11H2,1-5H3. The lowest BCUT2D eigenvalue weighted by Gasteiger charge is -2.31. The molecule has 0 saturated carbocycles. The smallest absolute Gasteiger partial charge is 0.0627 e. The Balaban J connectivity index is 2.22. The highest BCUT2D eigenvalue weighted by Gasteiger charge is 2.31. The van der Waals surface area contributed by atoms with E-state index < -0.39 is 0 Å². The summed E-state index contributed by atoms with van der Waals surface area (Å²) in [5, 5.41) is 4.84. The fraction of sp³-hybridized carbons (Fsp3) is 0.824. The number of hydrogen-bond donors (Lipinski definition) is 0. The molecule has 1 aliphatic rings. The predicted octanol–water partition coefficient (Wildman–Crippen LogP) is 4.33. The molecule has 0 saturated heterocycles. The van der Waals surface area contributed by atoms with Crippen LogP contribution in [-0.2, 0) is 19.4 Å². The lowest BCUT2D eigenvalue weighted by molar-refractivity contribution is 0.169. The Labute approximate surface area is 118 Å². The average Bonchev–Trinajstić information content (AvgIpc) is 2.61. The van der Waals surface area contributed by atoms with Crippen molar-refractivity contribution in [3.63, 3.8) is 0 Å². The van der Waals surface area contributed by atoms with Gasteiger partial charge in [-0.3, -0.25) is 4.68 Å². The van der Waals surface area contributed by atoms with Crippen molar-refractivity contribution < 1.29 is 0 Å². The highest BCUT2D eigenvalue weighted by Crippen LogP contribution is 2.35. The molecular formula is C17H30N2. The zero-order valence-corrected chi connectivity index (χ0v) is 13.3. The number of aromatic nitrogens is 2. The molecule has 2 rings (SSSR count). The number of aryl methyl sites for hydroxylation is 2. The molecule has 0 fully saturated rings. The fourth-order valence-electron chi connectivity index (χ4n) is 3.65. The van der Waals surface area contributed by atoms with Crippen molar-refractivity contribution in [2.75, 3.05) is 0 Å². The first-order chi connectivity index (χ1) is 9.02. The van der Waals surface area contributed by atoms with Gasteiger partial charge in [0.05, 0.1) is 5.69 Å². The van der Waals surface area contributed by atoms with Crippen LogP contribution in [0.3, 0.4) is 0 Å². The normalized spacial score (nSPS) is 23.7. The van der Waals surface area contributed by atoms with Gasteiger partial charge in [-0.2, -0.15) is 5.10 Å². The van der Waals surface area contributed by atoms with Crippen LogP contribution in [0.4, 0.5) is 0 Å². The largest absolute Gasteiger partial charge is 0.269 e. The molecular weight excluding hydrogens is 232 g/mol. The van der Waals surface area contributed by atoms with Gasteiger partial charge in [-0.05, 0) is 49.0 Å². The van der Waals surface area contributed by atoms with E-state index in [1.807, 2.05) is 0 Å². The Bertz CT molecular complexity index is 403. The quantitative estimate of drug-likeness (QED) is 0.790. The van der Waals surface area contributed by atoms with Crippen molar-refractivity contribution >= 4 is 0 Å². The minimum absolute atomic E-state index is 0.747. The van der Waals surface area contributed by atoms with Gasteiger partial charge in [-0.1, -0.05) is 41.0 Å². The highest BCUT2D eigenvalue weighted by atomic mass is 15.3. The van der Waals surface area contributed by atoms with E-state index in [4.69, 9.17) is 5.10 Å². The van der Waals surface area contributed by atoms with Crippen LogP contribution >= 0.6 is 0 Å². The second kappa shape index (κ2) is 6.11. The van der Waals surface area contributed by atoms with Crippen LogP contribution in [0, 0.1) is 23.7 Å². The third kappa shape index (κ3) is 3.21. The van der Waals surface area contributed by atoms with Gasteiger partial charge in [0, 0.05) is 12.2 Å². The molecule has 0 aliphatic carbocycles. The Morgan fingerprint density at radius 2 is 1.89 bits per heavy atom. The molecule has 0 radical (unpaired) electrons. The Morgan fingerprint density at radius 1 is 1.21 bits per heavy atom. The van der Waals surface area contributed by atoms with Crippen molar-refractivity contribution in [3.05, 3.63) is 17.5 Å². The summed E-state index contributed by atoms with van der Waals surface area (Å²) in [4.78, 5) is 0. The summed E-state index contributed by atoms with van der Waals surface area (Å²) in [6, 6.07) is 2.35. The summed E-state index contributed by atoms with van der Waals surface area (Å²) in [6.45, 7) is 12.9. The zero-order chi connectivity index (χ0) is 14.0. The number of rotatable bonds is 4. The van der Waals surface area contributed by atoms with Crippen molar-refractivity contribution in [1.29, 1.82) is 0 Å². The van der Waals surface area contributed by atoms with Gasteiger partial charge in [0.2, 0.25) is 0 Å². The molecule has 0 spiro atoms. The van der Waals surface area contributed by atoms with Gasteiger partial charge in [0.25, 0.3) is 0 Å². The van der Waals surface area contributed by atoms with Crippen molar-refractivity contribution in [2.45, 2.75) is 66.8 Å². The fourth-order valence-corrected chi connectivity index (χ4v) is 3.65. The molecule has 0 N–H and O–H groups in total. The monoisotopic (exact) mass is 262 g/mol. The molecule has 0 aromatic carbocycles. The summed E-state index contributed by atoms with van der Waals surface area (Å²) in [6.07, 6.45) is 4.86. The van der Waals surface area contributed by atoms with E-state index in [1.165, 1.54) is 30.7 Å². The van der Waals surface area contributed by atoms with Gasteiger partial charge in [0.1, 0.15) is 0 Å². The molecule has 0 amide bonds. The van der Waals surface area contributed by atoms with E-state index in [2.05, 4.69) is 45.4 Å². The van der Waals surface area contributed by atoms with E-state index in [0.717, 1.165) is 36.6 Å². The topological polar surface area (TPSA) is 17.8 Å². The van der Waals surface area contributed by atoms with Crippen LogP contribution in [0.2, 0.25) is 0 Å². The molecule has 0 bridgehead atoms. The van der Waals surface area contributed by atoms with E-state index >= 15 is 0 Å². The second-order valence-corrected chi connectivity index (χ2v) is 6.91. The Morgan fingerprint density at radius 3 is 2.47 bits per heavy atom. The van der Waals surface area contributed by atoms with Gasteiger partial charge in [0.15, 0.2) is 0 Å². The summed E-state index contributed by atoms with van der Waals surface area (Å²) in [5.74, 6) is 3.15. The molecule has 1 aromatic heterocycles. The average molecular weight is 262 g/mol. The van der Waals surface area contributed by atoms with Crippen LogP contribution in [0.1, 0.15) is 58.8 Å². The van der Waals surface area contributed by atoms with E-state index in [9.17, 15) is 0 Å². The van der Waals surface area contributed by atoms with Gasteiger partial charge in [-0.25, -0.2) is 0 Å². The first kappa shape index (κ1) is 14.6. The number of hydrogen-bond acceptors (Lipinski definition) is 1. The van der Waals surface area contributed by atoms with Crippen LogP contribution in [0.15, 0.2) is 6.07 Å². The SMILES string of the molecule is CCCc1cc2n(n1)CC(C(C)C)C(C(C)C)CC2. The maximum Gasteiger partial charge on any atom is 0.0627 e. The molecule has 1 aromatic rings. The van der Waals surface area contributed by atoms with Gasteiger partial charge in [-0.15, -0.1) is 0 Å². The van der Waals surface area contributed by atoms with Crippen molar-refractivity contribution in [2.24, 2.45) is 23.7 Å². The molecule has 2 heterocycles. The van der Waals surface area contributed by atoms with Crippen LogP contribution in [0.5, 0.6) is 0 Å².